The van der Waals surface area contributed by atoms with Crippen LogP contribution in [-0.2, 0) is 4.74 Å². The summed E-state index contributed by atoms with van der Waals surface area (Å²) in [7, 11) is 0. The number of rotatable bonds is 9. The number of aromatic nitrogens is 1. The molecule has 1 atom stereocenters. The van der Waals surface area contributed by atoms with Crippen molar-refractivity contribution < 1.29 is 28.2 Å². The number of hydrogen-bond donors (Lipinski definition) is 4. The summed E-state index contributed by atoms with van der Waals surface area (Å²) in [6, 6.07) is 7.37. The molecule has 4 N–H and O–H groups in total. The van der Waals surface area contributed by atoms with Crippen LogP contribution in [0.2, 0.25) is 0 Å². The lowest BCUT2D eigenvalue weighted by atomic mass is 9.81. The Bertz CT molecular complexity index is 1050. The zero-order valence-corrected chi connectivity index (χ0v) is 19.6. The number of benzene rings is 1. The molecule has 1 aromatic heterocycles. The SMILES string of the molecule is CC(C)Nc1cc(C(=O)NC2(C(C)(C)O)CCOC2)cnc1C(=N)c1cccc(OC(F)F)c1. The minimum atomic E-state index is -2.98. The number of nitrogens with one attached hydrogen (secondary N) is 3. The summed E-state index contributed by atoms with van der Waals surface area (Å²) in [5.74, 6) is -0.500. The van der Waals surface area contributed by atoms with Crippen LogP contribution in [0.5, 0.6) is 5.75 Å². The van der Waals surface area contributed by atoms with Gasteiger partial charge in [-0.15, -0.1) is 0 Å². The van der Waals surface area contributed by atoms with E-state index in [9.17, 15) is 18.7 Å². The van der Waals surface area contributed by atoms with E-state index in [1.165, 1.54) is 24.4 Å². The van der Waals surface area contributed by atoms with Crippen molar-refractivity contribution >= 4 is 17.3 Å². The summed E-state index contributed by atoms with van der Waals surface area (Å²) in [6.07, 6.45) is 1.81. The molecule has 0 saturated carbocycles. The van der Waals surface area contributed by atoms with Crippen molar-refractivity contribution in [3.8, 4) is 5.75 Å². The Kier molecular flexibility index (Phi) is 7.52. The number of alkyl halides is 2. The standard InChI is InChI=1S/C24H30F2N4O4/c1-14(2)29-18-11-16(21(31)30-24(23(3,4)32)8-9-33-13-24)12-28-20(18)19(27)15-6-5-7-17(10-15)34-22(25)26/h5-7,10-12,14,22,27,29,32H,8-9,13H2,1-4H3,(H,30,31). The molecule has 1 saturated heterocycles. The molecule has 1 aliphatic rings. The van der Waals surface area contributed by atoms with Crippen LogP contribution in [0.4, 0.5) is 14.5 Å². The van der Waals surface area contributed by atoms with E-state index >= 15 is 0 Å². The van der Waals surface area contributed by atoms with E-state index < -0.39 is 23.7 Å². The lowest BCUT2D eigenvalue weighted by Gasteiger charge is -2.39. The Hall–Kier alpha value is -3.11. The minimum Gasteiger partial charge on any atom is -0.435 e. The van der Waals surface area contributed by atoms with Crippen LogP contribution in [0.25, 0.3) is 0 Å². The van der Waals surface area contributed by atoms with Crippen LogP contribution in [0.1, 0.15) is 55.7 Å². The number of amides is 1. The highest BCUT2D eigenvalue weighted by Crippen LogP contribution is 2.31. The fourth-order valence-corrected chi connectivity index (χ4v) is 3.76. The van der Waals surface area contributed by atoms with Gasteiger partial charge >= 0.3 is 6.61 Å². The lowest BCUT2D eigenvalue weighted by molar-refractivity contribution is -0.0498. The zero-order chi connectivity index (χ0) is 25.1. The number of carbonyl (C=O) groups excluding carboxylic acids is 1. The second-order valence-electron chi connectivity index (χ2n) is 9.10. The Morgan fingerprint density at radius 2 is 2.03 bits per heavy atom. The molecule has 1 unspecified atom stereocenters. The van der Waals surface area contributed by atoms with Crippen molar-refractivity contribution in [3.05, 3.63) is 53.3 Å². The van der Waals surface area contributed by atoms with E-state index in [2.05, 4.69) is 20.4 Å². The maximum Gasteiger partial charge on any atom is 0.387 e. The summed E-state index contributed by atoms with van der Waals surface area (Å²) < 4.78 is 35.1. The first-order chi connectivity index (χ1) is 15.9. The van der Waals surface area contributed by atoms with Crippen LogP contribution in [0.15, 0.2) is 36.5 Å². The van der Waals surface area contributed by atoms with Crippen LogP contribution in [0.3, 0.4) is 0 Å². The second kappa shape index (κ2) is 10.0. The van der Waals surface area contributed by atoms with Crippen LogP contribution >= 0.6 is 0 Å². The molecule has 1 aromatic carbocycles. The molecule has 10 heteroatoms. The van der Waals surface area contributed by atoms with Gasteiger partial charge in [0.15, 0.2) is 0 Å². The Balaban J connectivity index is 1.92. The molecule has 1 aliphatic heterocycles. The first-order valence-electron chi connectivity index (χ1n) is 11.0. The molecule has 0 aliphatic carbocycles. The molecule has 2 aromatic rings. The third kappa shape index (κ3) is 5.68. The highest BCUT2D eigenvalue weighted by Gasteiger charge is 2.48. The predicted octanol–water partition coefficient (Wildman–Crippen LogP) is 3.58. The smallest absolute Gasteiger partial charge is 0.387 e. The number of pyridine rings is 1. The summed E-state index contributed by atoms with van der Waals surface area (Å²) in [5.41, 5.74) is -0.907. The zero-order valence-electron chi connectivity index (χ0n) is 19.6. The van der Waals surface area contributed by atoms with E-state index in [4.69, 9.17) is 10.1 Å². The number of ether oxygens (including phenoxy) is 2. The number of anilines is 1. The van der Waals surface area contributed by atoms with Gasteiger partial charge < -0.3 is 25.2 Å². The van der Waals surface area contributed by atoms with E-state index in [-0.39, 0.29) is 35.4 Å². The Morgan fingerprint density at radius 1 is 1.29 bits per heavy atom. The van der Waals surface area contributed by atoms with Gasteiger partial charge in [0.25, 0.3) is 5.91 Å². The van der Waals surface area contributed by atoms with Gasteiger partial charge in [0.05, 0.1) is 34.7 Å². The average Bonchev–Trinajstić information content (AvgIpc) is 3.22. The summed E-state index contributed by atoms with van der Waals surface area (Å²) in [4.78, 5) is 17.5. The lowest BCUT2D eigenvalue weighted by Crippen LogP contribution is -2.62. The second-order valence-corrected chi connectivity index (χ2v) is 9.10. The number of halogens is 2. The van der Waals surface area contributed by atoms with Gasteiger partial charge in [-0.3, -0.25) is 15.2 Å². The molecule has 1 amide bonds. The van der Waals surface area contributed by atoms with Crippen molar-refractivity contribution in [2.45, 2.75) is 57.9 Å². The van der Waals surface area contributed by atoms with Gasteiger partial charge in [-0.25, -0.2) is 0 Å². The van der Waals surface area contributed by atoms with Gasteiger partial charge in [-0.1, -0.05) is 12.1 Å². The molecule has 184 valence electrons. The molecule has 2 heterocycles. The van der Waals surface area contributed by atoms with Crippen LogP contribution < -0.4 is 15.4 Å². The quantitative estimate of drug-likeness (QED) is 0.411. The molecule has 3 rings (SSSR count). The van der Waals surface area contributed by atoms with E-state index in [1.807, 2.05) is 13.8 Å². The topological polar surface area (TPSA) is 117 Å². The number of hydrogen-bond acceptors (Lipinski definition) is 7. The number of aliphatic hydroxyl groups is 1. The van der Waals surface area contributed by atoms with Gasteiger partial charge in [-0.2, -0.15) is 8.78 Å². The van der Waals surface area contributed by atoms with Crippen molar-refractivity contribution in [2.24, 2.45) is 0 Å². The molecule has 0 bridgehead atoms. The van der Waals surface area contributed by atoms with Gasteiger partial charge in [0.2, 0.25) is 0 Å². The highest BCUT2D eigenvalue weighted by molar-refractivity contribution is 6.13. The van der Waals surface area contributed by atoms with E-state index in [0.29, 0.717) is 24.3 Å². The Labute approximate surface area is 197 Å². The molecule has 34 heavy (non-hydrogen) atoms. The first-order valence-corrected chi connectivity index (χ1v) is 11.0. The molecule has 0 spiro atoms. The van der Waals surface area contributed by atoms with Gasteiger partial charge in [-0.05, 0) is 52.3 Å². The fourth-order valence-electron chi connectivity index (χ4n) is 3.76. The van der Waals surface area contributed by atoms with E-state index in [1.54, 1.807) is 26.0 Å². The average molecular weight is 477 g/mol. The number of nitrogens with zero attached hydrogens (tertiary/aromatic N) is 1. The minimum absolute atomic E-state index is 0.0213. The molecular weight excluding hydrogens is 446 g/mol. The van der Waals surface area contributed by atoms with Gasteiger partial charge in [0, 0.05) is 24.4 Å². The fraction of sp³-hybridized carbons (Fsp3) is 0.458. The van der Waals surface area contributed by atoms with E-state index in [0.717, 1.165) is 0 Å². The van der Waals surface area contributed by atoms with Crippen molar-refractivity contribution in [1.29, 1.82) is 5.41 Å². The highest BCUT2D eigenvalue weighted by atomic mass is 19.3. The normalized spacial score (nSPS) is 18.3. The summed E-state index contributed by atoms with van der Waals surface area (Å²) in [6.45, 7) is 4.69. The van der Waals surface area contributed by atoms with Crippen LogP contribution in [0, 0.1) is 5.41 Å². The molecular formula is C24H30F2N4O4. The Morgan fingerprint density at radius 3 is 2.62 bits per heavy atom. The molecule has 8 nitrogen and oxygen atoms in total. The monoisotopic (exact) mass is 476 g/mol. The summed E-state index contributed by atoms with van der Waals surface area (Å²) >= 11 is 0. The van der Waals surface area contributed by atoms with Crippen molar-refractivity contribution in [2.75, 3.05) is 18.5 Å². The van der Waals surface area contributed by atoms with Crippen molar-refractivity contribution in [1.82, 2.24) is 10.3 Å². The molecule has 0 radical (unpaired) electrons. The maximum absolute atomic E-state index is 13.1. The third-order valence-electron chi connectivity index (χ3n) is 5.72. The van der Waals surface area contributed by atoms with Crippen molar-refractivity contribution in [3.63, 3.8) is 0 Å². The predicted molar refractivity (Wildman–Crippen MR) is 124 cm³/mol. The number of carbonyl (C=O) groups is 1. The largest absolute Gasteiger partial charge is 0.435 e. The van der Waals surface area contributed by atoms with Crippen LogP contribution in [-0.4, -0.2) is 58.7 Å². The first kappa shape index (κ1) is 25.5. The van der Waals surface area contributed by atoms with Gasteiger partial charge in [0.1, 0.15) is 11.4 Å². The summed E-state index contributed by atoms with van der Waals surface area (Å²) in [5, 5.41) is 25.4. The maximum atomic E-state index is 13.1. The molecule has 1 fully saturated rings. The third-order valence-corrected chi connectivity index (χ3v) is 5.72.